The van der Waals surface area contributed by atoms with E-state index in [4.69, 9.17) is 33.8 Å². The number of aromatic nitrogens is 3. The Balaban J connectivity index is 2.23. The number of hydrazine groups is 1. The minimum atomic E-state index is 0.183. The molecule has 1 aromatic heterocycles. The van der Waals surface area contributed by atoms with E-state index in [1.165, 1.54) is 0 Å². The Hall–Kier alpha value is -1.83. The maximum absolute atomic E-state index is 5.96. The molecule has 0 radical (unpaired) electrons. The summed E-state index contributed by atoms with van der Waals surface area (Å²) in [5.41, 5.74) is 3.04. The van der Waals surface area contributed by atoms with Crippen molar-refractivity contribution in [2.45, 2.75) is 13.3 Å². The molecule has 1 aromatic carbocycles. The van der Waals surface area contributed by atoms with Crippen LogP contribution >= 0.6 is 23.2 Å². The molecule has 0 saturated carbocycles. The summed E-state index contributed by atoms with van der Waals surface area (Å²) in [6.07, 6.45) is 0.840. The average molecular weight is 329 g/mol. The molecular weight excluding hydrogens is 315 g/mol. The number of nitrogens with two attached hydrogens (primary N) is 1. The fourth-order valence-electron chi connectivity index (χ4n) is 1.44. The molecule has 0 fully saturated rings. The quantitative estimate of drug-likeness (QED) is 0.553. The summed E-state index contributed by atoms with van der Waals surface area (Å²) in [6.45, 7) is 2.48. The number of nitrogens with zero attached hydrogens (tertiary/aromatic N) is 3. The normalized spacial score (nSPS) is 10.3. The first kappa shape index (κ1) is 15.6. The van der Waals surface area contributed by atoms with Crippen molar-refractivity contribution in [1.29, 1.82) is 0 Å². The number of nitrogen functional groups attached to an aromatic ring is 1. The molecule has 0 aliphatic rings. The van der Waals surface area contributed by atoms with E-state index in [1.54, 1.807) is 18.2 Å². The van der Waals surface area contributed by atoms with Gasteiger partial charge in [-0.1, -0.05) is 30.1 Å². The van der Waals surface area contributed by atoms with Crippen LogP contribution < -0.4 is 21.3 Å². The summed E-state index contributed by atoms with van der Waals surface area (Å²) in [6, 6.07) is 5.27. The molecule has 7 nitrogen and oxygen atoms in total. The van der Waals surface area contributed by atoms with Crippen LogP contribution in [0.1, 0.15) is 13.3 Å². The molecule has 0 saturated heterocycles. The molecule has 9 heteroatoms. The van der Waals surface area contributed by atoms with Gasteiger partial charge < -0.3 is 10.1 Å². The maximum Gasteiger partial charge on any atom is 0.323 e. The molecule has 112 valence electrons. The van der Waals surface area contributed by atoms with Crippen molar-refractivity contribution in [1.82, 2.24) is 15.0 Å². The summed E-state index contributed by atoms with van der Waals surface area (Å²) < 4.78 is 5.37. The highest BCUT2D eigenvalue weighted by Crippen LogP contribution is 2.26. The van der Waals surface area contributed by atoms with E-state index < -0.39 is 0 Å². The highest BCUT2D eigenvalue weighted by molar-refractivity contribution is 6.42. The first-order chi connectivity index (χ1) is 10.1. The predicted octanol–water partition coefficient (Wildman–Crippen LogP) is 3.00. The van der Waals surface area contributed by atoms with Crippen LogP contribution in [0.25, 0.3) is 0 Å². The molecule has 0 spiro atoms. The van der Waals surface area contributed by atoms with Crippen LogP contribution in [0.2, 0.25) is 10.0 Å². The Bertz CT molecular complexity index is 625. The second-order valence-corrected chi connectivity index (χ2v) is 4.83. The molecule has 2 rings (SSSR count). The summed E-state index contributed by atoms with van der Waals surface area (Å²) in [5, 5.41) is 3.88. The molecule has 4 N–H and O–H groups in total. The molecule has 0 atom stereocenters. The summed E-state index contributed by atoms with van der Waals surface area (Å²) >= 11 is 11.8. The zero-order valence-electron chi connectivity index (χ0n) is 11.2. The van der Waals surface area contributed by atoms with Gasteiger partial charge in [0.25, 0.3) is 0 Å². The number of benzene rings is 1. The van der Waals surface area contributed by atoms with E-state index >= 15 is 0 Å². The highest BCUT2D eigenvalue weighted by Gasteiger charge is 2.08. The lowest BCUT2D eigenvalue weighted by atomic mass is 10.3. The minimum Gasteiger partial charge on any atom is -0.463 e. The van der Waals surface area contributed by atoms with Crippen molar-refractivity contribution >= 4 is 40.8 Å². The Morgan fingerprint density at radius 2 is 1.90 bits per heavy atom. The summed E-state index contributed by atoms with van der Waals surface area (Å²) in [7, 11) is 0. The zero-order chi connectivity index (χ0) is 15.2. The summed E-state index contributed by atoms with van der Waals surface area (Å²) in [4.78, 5) is 12.2. The maximum atomic E-state index is 5.96. The van der Waals surface area contributed by atoms with Gasteiger partial charge in [0, 0.05) is 5.69 Å². The van der Waals surface area contributed by atoms with Crippen molar-refractivity contribution in [2.24, 2.45) is 5.84 Å². The predicted molar refractivity (Wildman–Crippen MR) is 83.2 cm³/mol. The van der Waals surface area contributed by atoms with Crippen molar-refractivity contribution in [3.8, 4) is 6.01 Å². The standard InChI is InChI=1S/C12H14Cl2N6O/c1-2-5-21-12-18-10(17-11(19-12)20-15)16-7-3-4-8(13)9(14)6-7/h3-4,6H,2,5,15H2,1H3,(H2,16,17,18,19,20). The van der Waals surface area contributed by atoms with E-state index in [1.807, 2.05) is 6.92 Å². The van der Waals surface area contributed by atoms with Gasteiger partial charge >= 0.3 is 6.01 Å². The van der Waals surface area contributed by atoms with Crippen molar-refractivity contribution in [3.05, 3.63) is 28.2 Å². The van der Waals surface area contributed by atoms with E-state index in [0.717, 1.165) is 6.42 Å². The van der Waals surface area contributed by atoms with E-state index in [9.17, 15) is 0 Å². The molecule has 0 aliphatic heterocycles. The molecule has 1 heterocycles. The Morgan fingerprint density at radius 3 is 2.57 bits per heavy atom. The smallest absolute Gasteiger partial charge is 0.323 e. The molecule has 0 bridgehead atoms. The largest absolute Gasteiger partial charge is 0.463 e. The van der Waals surface area contributed by atoms with Crippen molar-refractivity contribution in [3.63, 3.8) is 0 Å². The van der Waals surface area contributed by atoms with Gasteiger partial charge in [-0.05, 0) is 24.6 Å². The van der Waals surface area contributed by atoms with Crippen LogP contribution in [-0.2, 0) is 0 Å². The minimum absolute atomic E-state index is 0.183. The number of halogens is 2. The highest BCUT2D eigenvalue weighted by atomic mass is 35.5. The third kappa shape index (κ3) is 4.32. The lowest BCUT2D eigenvalue weighted by molar-refractivity contribution is 0.292. The number of anilines is 3. The first-order valence-electron chi connectivity index (χ1n) is 6.20. The summed E-state index contributed by atoms with van der Waals surface area (Å²) in [5.74, 6) is 5.80. The van der Waals surface area contributed by atoms with Gasteiger partial charge in [-0.3, -0.25) is 5.43 Å². The molecule has 0 unspecified atom stereocenters. The second kappa shape index (κ2) is 7.26. The van der Waals surface area contributed by atoms with Crippen LogP contribution in [0.5, 0.6) is 6.01 Å². The van der Waals surface area contributed by atoms with Gasteiger partial charge in [0.2, 0.25) is 11.9 Å². The zero-order valence-corrected chi connectivity index (χ0v) is 12.7. The topological polar surface area (TPSA) is 98.0 Å². The third-order valence-electron chi connectivity index (χ3n) is 2.36. The number of ether oxygens (including phenoxy) is 1. The first-order valence-corrected chi connectivity index (χ1v) is 6.95. The Labute approximate surface area is 131 Å². The van der Waals surface area contributed by atoms with Gasteiger partial charge in [0.15, 0.2) is 0 Å². The fraction of sp³-hybridized carbons (Fsp3) is 0.250. The van der Waals surface area contributed by atoms with Gasteiger partial charge in [0.1, 0.15) is 0 Å². The molecule has 21 heavy (non-hydrogen) atoms. The Kier molecular flexibility index (Phi) is 5.38. The number of hydrogen-bond donors (Lipinski definition) is 3. The van der Waals surface area contributed by atoms with E-state index in [-0.39, 0.29) is 17.9 Å². The number of rotatable bonds is 6. The van der Waals surface area contributed by atoms with Gasteiger partial charge in [-0.15, -0.1) is 0 Å². The Morgan fingerprint density at radius 1 is 1.14 bits per heavy atom. The molecule has 2 aromatic rings. The number of nitrogens with one attached hydrogen (secondary N) is 2. The van der Waals surface area contributed by atoms with Gasteiger partial charge in [0.05, 0.1) is 16.7 Å². The lowest BCUT2D eigenvalue weighted by Gasteiger charge is -2.09. The second-order valence-electron chi connectivity index (χ2n) is 4.01. The fourth-order valence-corrected chi connectivity index (χ4v) is 1.74. The third-order valence-corrected chi connectivity index (χ3v) is 3.09. The SMILES string of the molecule is CCCOc1nc(NN)nc(Nc2ccc(Cl)c(Cl)c2)n1. The van der Waals surface area contributed by atoms with Crippen LogP contribution in [-0.4, -0.2) is 21.6 Å². The molecule has 0 amide bonds. The van der Waals surface area contributed by atoms with Crippen LogP contribution in [0.3, 0.4) is 0 Å². The van der Waals surface area contributed by atoms with Crippen molar-refractivity contribution < 1.29 is 4.74 Å². The van der Waals surface area contributed by atoms with Gasteiger partial charge in [-0.2, -0.15) is 15.0 Å². The average Bonchev–Trinajstić information content (AvgIpc) is 2.48. The van der Waals surface area contributed by atoms with E-state index in [0.29, 0.717) is 22.3 Å². The molecule has 0 aliphatic carbocycles. The van der Waals surface area contributed by atoms with Crippen LogP contribution in [0.4, 0.5) is 17.6 Å². The van der Waals surface area contributed by atoms with Gasteiger partial charge in [-0.25, -0.2) is 5.84 Å². The van der Waals surface area contributed by atoms with E-state index in [2.05, 4.69) is 25.7 Å². The van der Waals surface area contributed by atoms with Crippen molar-refractivity contribution in [2.75, 3.05) is 17.3 Å². The number of hydrogen-bond acceptors (Lipinski definition) is 7. The lowest BCUT2D eigenvalue weighted by Crippen LogP contribution is -2.13. The molecular formula is C12H14Cl2N6O. The van der Waals surface area contributed by atoms with Crippen LogP contribution in [0.15, 0.2) is 18.2 Å². The monoisotopic (exact) mass is 328 g/mol. The van der Waals surface area contributed by atoms with Crippen LogP contribution in [0, 0.1) is 0 Å².